The van der Waals surface area contributed by atoms with Crippen LogP contribution in [0.2, 0.25) is 0 Å². The van der Waals surface area contributed by atoms with E-state index in [-0.39, 0.29) is 12.5 Å². The van der Waals surface area contributed by atoms with Crippen molar-refractivity contribution < 1.29 is 14.7 Å². The van der Waals surface area contributed by atoms with Crippen LogP contribution in [0.1, 0.15) is 28.6 Å². The van der Waals surface area contributed by atoms with Crippen LogP contribution in [0.5, 0.6) is 0 Å². The Hall–Kier alpha value is -2.80. The fourth-order valence-electron chi connectivity index (χ4n) is 3.36. The second-order valence-electron chi connectivity index (χ2n) is 6.80. The van der Waals surface area contributed by atoms with E-state index in [2.05, 4.69) is 10.3 Å². The Morgan fingerprint density at radius 1 is 1.18 bits per heavy atom. The van der Waals surface area contributed by atoms with E-state index in [9.17, 15) is 14.7 Å². The van der Waals surface area contributed by atoms with E-state index in [0.29, 0.717) is 11.3 Å². The molecule has 0 bridgehead atoms. The van der Waals surface area contributed by atoms with Gasteiger partial charge in [-0.05, 0) is 37.8 Å². The summed E-state index contributed by atoms with van der Waals surface area (Å²) in [5.41, 5.74) is 4.17. The predicted molar refractivity (Wildman–Crippen MR) is 111 cm³/mol. The van der Waals surface area contributed by atoms with Crippen molar-refractivity contribution in [2.24, 2.45) is 0 Å². The molecule has 0 aliphatic rings. The van der Waals surface area contributed by atoms with E-state index in [4.69, 9.17) is 0 Å². The van der Waals surface area contributed by atoms with Crippen LogP contribution < -0.4 is 5.32 Å². The van der Waals surface area contributed by atoms with Gasteiger partial charge in [0.15, 0.2) is 6.04 Å². The first-order valence-electron chi connectivity index (χ1n) is 8.92. The Morgan fingerprint density at radius 2 is 1.86 bits per heavy atom. The number of nitrogens with zero attached hydrogens (tertiary/aromatic N) is 2. The number of thioether (sulfide) groups is 1. The number of hydrogen-bond acceptors (Lipinski definition) is 4. The fourth-order valence-corrected chi connectivity index (χ4v) is 3.83. The van der Waals surface area contributed by atoms with Crippen LogP contribution in [0.25, 0.3) is 11.0 Å². The average Bonchev–Trinajstić information content (AvgIpc) is 2.96. The minimum Gasteiger partial charge on any atom is -0.479 e. The minimum atomic E-state index is -1.09. The second kappa shape index (κ2) is 8.48. The topological polar surface area (TPSA) is 84.2 Å². The number of hydrogen-bond donors (Lipinski definition) is 2. The molecular formula is C21H23N3O3S. The lowest BCUT2D eigenvalue weighted by Crippen LogP contribution is -2.36. The van der Waals surface area contributed by atoms with E-state index in [1.54, 1.807) is 23.9 Å². The number of carbonyl (C=O) groups is 2. The maximum absolute atomic E-state index is 12.7. The third-order valence-corrected chi connectivity index (χ3v) is 4.99. The van der Waals surface area contributed by atoms with Crippen molar-refractivity contribution in [2.75, 3.05) is 6.26 Å². The highest BCUT2D eigenvalue weighted by Crippen LogP contribution is 2.20. The molecule has 3 aromatic rings. The summed E-state index contributed by atoms with van der Waals surface area (Å²) in [5.74, 6) is 0.0128. The lowest BCUT2D eigenvalue weighted by atomic mass is 10.0. The van der Waals surface area contributed by atoms with Gasteiger partial charge in [-0.2, -0.15) is 11.8 Å². The zero-order valence-electron chi connectivity index (χ0n) is 16.1. The molecule has 2 N–H and O–H groups in total. The summed E-state index contributed by atoms with van der Waals surface area (Å²) in [4.78, 5) is 29.1. The van der Waals surface area contributed by atoms with E-state index in [1.165, 1.54) is 0 Å². The molecule has 0 aliphatic heterocycles. The van der Waals surface area contributed by atoms with E-state index in [1.807, 2.05) is 55.0 Å². The Kier molecular flexibility index (Phi) is 6.04. The summed E-state index contributed by atoms with van der Waals surface area (Å²) in [6, 6.07) is 12.1. The molecule has 7 heteroatoms. The molecule has 0 aliphatic carbocycles. The lowest BCUT2D eigenvalue weighted by Gasteiger charge is -2.17. The molecule has 2 aromatic carbocycles. The monoisotopic (exact) mass is 397 g/mol. The number of nitrogens with one attached hydrogen (secondary N) is 1. The summed E-state index contributed by atoms with van der Waals surface area (Å²) in [6.07, 6.45) is 1.98. The van der Waals surface area contributed by atoms with Crippen LogP contribution >= 0.6 is 11.8 Å². The quantitative estimate of drug-likeness (QED) is 0.638. The molecule has 3 rings (SSSR count). The third-order valence-electron chi connectivity index (χ3n) is 4.44. The van der Waals surface area contributed by atoms with Crippen LogP contribution in [0.3, 0.4) is 0 Å². The highest BCUT2D eigenvalue weighted by Gasteiger charge is 2.23. The van der Waals surface area contributed by atoms with E-state index >= 15 is 0 Å². The van der Waals surface area contributed by atoms with Gasteiger partial charge in [0, 0.05) is 0 Å². The van der Waals surface area contributed by atoms with Gasteiger partial charge in [-0.1, -0.05) is 41.5 Å². The van der Waals surface area contributed by atoms with Crippen molar-refractivity contribution in [1.29, 1.82) is 0 Å². The van der Waals surface area contributed by atoms with Gasteiger partial charge >= 0.3 is 5.97 Å². The molecule has 0 fully saturated rings. The molecule has 0 spiro atoms. The van der Waals surface area contributed by atoms with Gasteiger partial charge in [0.25, 0.3) is 0 Å². The number of rotatable bonds is 7. The number of para-hydroxylation sites is 2. The van der Waals surface area contributed by atoms with Crippen LogP contribution in [-0.2, 0) is 21.9 Å². The summed E-state index contributed by atoms with van der Waals surface area (Å²) in [7, 11) is 0. The molecule has 1 unspecified atom stereocenters. The van der Waals surface area contributed by atoms with Gasteiger partial charge in [0.05, 0.1) is 16.8 Å². The SMILES string of the molecule is CSCc1nc2ccccc2n1CC(=O)NC(C(=O)O)c1cc(C)cc(C)c1. The first-order valence-corrected chi connectivity index (χ1v) is 10.3. The first kappa shape index (κ1) is 19.9. The van der Waals surface area contributed by atoms with E-state index < -0.39 is 12.0 Å². The van der Waals surface area contributed by atoms with Crippen LogP contribution in [0, 0.1) is 13.8 Å². The largest absolute Gasteiger partial charge is 0.479 e. The van der Waals surface area contributed by atoms with Crippen molar-refractivity contribution in [1.82, 2.24) is 14.9 Å². The molecule has 1 amide bonds. The summed E-state index contributed by atoms with van der Waals surface area (Å²) >= 11 is 1.62. The number of carboxylic acids is 1. The zero-order valence-corrected chi connectivity index (χ0v) is 16.9. The number of carbonyl (C=O) groups excluding carboxylic acids is 1. The molecule has 146 valence electrons. The van der Waals surface area contributed by atoms with Gasteiger partial charge in [-0.25, -0.2) is 9.78 Å². The number of amides is 1. The molecule has 1 aromatic heterocycles. The Morgan fingerprint density at radius 3 is 2.50 bits per heavy atom. The maximum Gasteiger partial charge on any atom is 0.330 e. The molecule has 0 saturated carbocycles. The zero-order chi connectivity index (χ0) is 20.3. The van der Waals surface area contributed by atoms with Gasteiger partial charge in [0.1, 0.15) is 12.4 Å². The predicted octanol–water partition coefficient (Wildman–Crippen LogP) is 3.46. The van der Waals surface area contributed by atoms with E-state index in [0.717, 1.165) is 28.0 Å². The smallest absolute Gasteiger partial charge is 0.330 e. The Bertz CT molecular complexity index is 1010. The summed E-state index contributed by atoms with van der Waals surface area (Å²) in [5, 5.41) is 12.3. The summed E-state index contributed by atoms with van der Waals surface area (Å²) < 4.78 is 1.85. The number of imidazole rings is 1. The highest BCUT2D eigenvalue weighted by molar-refractivity contribution is 7.97. The number of aromatic nitrogens is 2. The number of benzene rings is 2. The number of carboxylic acid groups (broad SMARTS) is 1. The van der Waals surface area contributed by atoms with Gasteiger partial charge in [-0.15, -0.1) is 0 Å². The Balaban J connectivity index is 1.87. The minimum absolute atomic E-state index is 0.0188. The van der Waals surface area contributed by atoms with Crippen molar-refractivity contribution in [3.05, 3.63) is 65.0 Å². The van der Waals surface area contributed by atoms with Crippen LogP contribution in [0.15, 0.2) is 42.5 Å². The normalized spacial score (nSPS) is 12.1. The molecular weight excluding hydrogens is 374 g/mol. The van der Waals surface area contributed by atoms with Gasteiger partial charge < -0.3 is 15.0 Å². The molecule has 28 heavy (non-hydrogen) atoms. The van der Waals surface area contributed by atoms with Crippen molar-refractivity contribution in [2.45, 2.75) is 32.2 Å². The second-order valence-corrected chi connectivity index (χ2v) is 7.66. The summed E-state index contributed by atoms with van der Waals surface area (Å²) in [6.45, 7) is 3.83. The molecule has 6 nitrogen and oxygen atoms in total. The molecule has 0 radical (unpaired) electrons. The molecule has 1 atom stereocenters. The van der Waals surface area contributed by atoms with Crippen LogP contribution in [-0.4, -0.2) is 32.8 Å². The van der Waals surface area contributed by atoms with Gasteiger partial charge in [0.2, 0.25) is 5.91 Å². The maximum atomic E-state index is 12.7. The van der Waals surface area contributed by atoms with Crippen molar-refractivity contribution >= 4 is 34.7 Å². The number of aliphatic carboxylic acids is 1. The molecule has 0 saturated heterocycles. The van der Waals surface area contributed by atoms with Crippen LogP contribution in [0.4, 0.5) is 0 Å². The first-order chi connectivity index (χ1) is 13.4. The van der Waals surface area contributed by atoms with Gasteiger partial charge in [-0.3, -0.25) is 4.79 Å². The Labute approximate surface area is 168 Å². The fraction of sp³-hybridized carbons (Fsp3) is 0.286. The number of fused-ring (bicyclic) bond motifs is 1. The highest BCUT2D eigenvalue weighted by atomic mass is 32.2. The van der Waals surface area contributed by atoms with Crippen molar-refractivity contribution in [3.8, 4) is 0 Å². The molecule has 1 heterocycles. The third kappa shape index (κ3) is 4.36. The lowest BCUT2D eigenvalue weighted by molar-refractivity contribution is -0.142. The number of aryl methyl sites for hydroxylation is 2. The standard InChI is InChI=1S/C21H23N3O3S/c1-13-8-14(2)10-15(9-13)20(21(26)27)23-19(25)11-24-17-7-5-4-6-16(17)22-18(24)12-28-3/h4-10,20H,11-12H2,1-3H3,(H,23,25)(H,26,27). The average molecular weight is 398 g/mol. The van der Waals surface area contributed by atoms with Crippen molar-refractivity contribution in [3.63, 3.8) is 0 Å².